The molecule has 9 nitrogen and oxygen atoms in total. The predicted octanol–water partition coefficient (Wildman–Crippen LogP) is 7.68. The minimum absolute atomic E-state index is 0.223. The molecule has 15 atom stereocenters. The highest BCUT2D eigenvalue weighted by Gasteiger charge is 2.51. The van der Waals surface area contributed by atoms with Crippen LogP contribution in [0.5, 0.6) is 0 Å². The maximum absolute atomic E-state index is 12.5. The molecule has 6 aliphatic rings. The Morgan fingerprint density at radius 3 is 0.938 bits per heavy atom. The van der Waals surface area contributed by atoms with E-state index in [9.17, 15) is 38.9 Å². The molecule has 6 saturated carbocycles. The van der Waals surface area contributed by atoms with Crippen molar-refractivity contribution in [2.45, 2.75) is 152 Å². The van der Waals surface area contributed by atoms with Crippen LogP contribution in [0.3, 0.4) is 0 Å². The molecule has 0 aliphatic heterocycles. The van der Waals surface area contributed by atoms with Crippen LogP contribution in [-0.2, 0) is 30.4 Å². The smallest absolute Gasteiger partial charge is 0.267 e. The molecule has 0 spiro atoms. The molecule has 6 aliphatic carbocycles. The summed E-state index contributed by atoms with van der Waals surface area (Å²) < 4.78 is 104. The molecule has 0 bridgehead atoms. The zero-order valence-electron chi connectivity index (χ0n) is 29.1. The summed E-state index contributed by atoms with van der Waals surface area (Å²) in [4.78, 5) is 0. The Kier molecular flexibility index (Phi) is 11.4. The Balaban J connectivity index is 1.20. The van der Waals surface area contributed by atoms with Crippen molar-refractivity contribution in [2.75, 3.05) is 0 Å². The van der Waals surface area contributed by atoms with Crippen molar-refractivity contribution in [2.24, 2.45) is 71.0 Å². The highest BCUT2D eigenvalue weighted by molar-refractivity contribution is 7.86. The summed E-state index contributed by atoms with van der Waals surface area (Å²) in [6, 6.07) is 0. The predicted molar refractivity (Wildman–Crippen MR) is 187 cm³/mol. The van der Waals surface area contributed by atoms with Gasteiger partial charge in [0.25, 0.3) is 30.4 Å². The minimum Gasteiger partial charge on any atom is -0.285 e. The maximum Gasteiger partial charge on any atom is 0.267 e. The summed E-state index contributed by atoms with van der Waals surface area (Å²) in [5.74, 6) is 4.98. The molecule has 6 fully saturated rings. The van der Waals surface area contributed by atoms with Gasteiger partial charge in [-0.3, -0.25) is 13.7 Å². The summed E-state index contributed by atoms with van der Waals surface area (Å²) in [5, 5.41) is -2.04. The monoisotopic (exact) mass is 734 g/mol. The molecule has 0 aromatic carbocycles. The van der Waals surface area contributed by atoms with Crippen molar-refractivity contribution < 1.29 is 38.9 Å². The van der Waals surface area contributed by atoms with Crippen LogP contribution in [0.1, 0.15) is 136 Å². The van der Waals surface area contributed by atoms with Gasteiger partial charge in [-0.15, -0.1) is 0 Å². The third-order valence-electron chi connectivity index (χ3n) is 15.6. The summed E-state index contributed by atoms with van der Waals surface area (Å²) in [6.45, 7) is 4.43. The molecule has 48 heavy (non-hydrogen) atoms. The topological polar surface area (TPSA) is 163 Å². The Morgan fingerprint density at radius 2 is 0.625 bits per heavy atom. The first-order valence-corrected chi connectivity index (χ1v) is 24.0. The third kappa shape index (κ3) is 7.88. The molecule has 0 saturated heterocycles. The van der Waals surface area contributed by atoms with E-state index in [0.717, 1.165) is 77.0 Å². The van der Waals surface area contributed by atoms with Gasteiger partial charge in [0, 0.05) is 0 Å². The number of hydrogen-bond donors (Lipinski definition) is 3. The highest BCUT2D eigenvalue weighted by Crippen LogP contribution is 2.58. The Labute approximate surface area is 290 Å². The molecular weight excluding hydrogens is 673 g/mol. The van der Waals surface area contributed by atoms with Gasteiger partial charge in [0.1, 0.15) is 0 Å². The summed E-state index contributed by atoms with van der Waals surface area (Å²) in [7, 11) is -12.3. The van der Waals surface area contributed by atoms with Crippen molar-refractivity contribution >= 4 is 30.4 Å². The van der Waals surface area contributed by atoms with Crippen LogP contribution in [-0.4, -0.2) is 54.7 Å². The summed E-state index contributed by atoms with van der Waals surface area (Å²) >= 11 is 0. The molecule has 6 rings (SSSR count). The van der Waals surface area contributed by atoms with Crippen LogP contribution in [0.2, 0.25) is 0 Å². The molecule has 278 valence electrons. The third-order valence-corrected chi connectivity index (χ3v) is 19.4. The van der Waals surface area contributed by atoms with Crippen LogP contribution in [0, 0.1) is 71.0 Å². The van der Waals surface area contributed by atoms with Crippen LogP contribution in [0.25, 0.3) is 0 Å². The van der Waals surface area contributed by atoms with Gasteiger partial charge in [-0.1, -0.05) is 26.7 Å². The van der Waals surface area contributed by atoms with E-state index in [-0.39, 0.29) is 5.92 Å². The lowest BCUT2D eigenvalue weighted by molar-refractivity contribution is -0.0209. The van der Waals surface area contributed by atoms with Crippen molar-refractivity contribution in [3.63, 3.8) is 0 Å². The summed E-state index contributed by atoms with van der Waals surface area (Å²) in [5.41, 5.74) is 0. The van der Waals surface area contributed by atoms with Gasteiger partial charge in [0.15, 0.2) is 0 Å². The van der Waals surface area contributed by atoms with E-state index in [1.807, 2.05) is 0 Å². The molecule has 0 radical (unpaired) electrons. The van der Waals surface area contributed by atoms with Gasteiger partial charge in [-0.25, -0.2) is 0 Å². The molecule has 12 heteroatoms. The van der Waals surface area contributed by atoms with E-state index in [1.54, 1.807) is 0 Å². The lowest BCUT2D eigenvalue weighted by Gasteiger charge is -2.53. The number of rotatable bonds is 9. The fourth-order valence-corrected chi connectivity index (χ4v) is 16.0. The molecular formula is C36H62O9S3. The van der Waals surface area contributed by atoms with Crippen molar-refractivity contribution in [1.29, 1.82) is 0 Å². The van der Waals surface area contributed by atoms with Gasteiger partial charge < -0.3 is 0 Å². The first kappa shape index (κ1) is 37.5. The van der Waals surface area contributed by atoms with Crippen molar-refractivity contribution in [1.82, 2.24) is 0 Å². The Morgan fingerprint density at radius 1 is 0.375 bits per heavy atom. The normalized spacial score (nSPS) is 45.8. The van der Waals surface area contributed by atoms with Crippen LogP contribution >= 0.6 is 0 Å². The van der Waals surface area contributed by atoms with E-state index >= 15 is 0 Å². The minimum atomic E-state index is -4.13. The zero-order chi connectivity index (χ0) is 34.6. The van der Waals surface area contributed by atoms with Crippen LogP contribution in [0.15, 0.2) is 0 Å². The van der Waals surface area contributed by atoms with Crippen LogP contribution in [0.4, 0.5) is 0 Å². The standard InChI is InChI=1S/C36H62O9S3/c1-3-22-5-8-26(35-20-29(47(40,41)42)11-14-31(22)35)18-25-9-10-27(36-21-30(48(43,44)45)13-16-33(25)36)17-24-7-6-23(4-2)34-19-28(46(37,38)39)12-15-32(24)34/h22-36H,3-21H2,1-2H3,(H,37,38,39)(H,40,41,42)(H,43,44,45). The van der Waals surface area contributed by atoms with Gasteiger partial charge in [0.2, 0.25) is 0 Å². The zero-order valence-corrected chi connectivity index (χ0v) is 31.6. The molecule has 0 amide bonds. The average Bonchev–Trinajstić information content (AvgIpc) is 3.04. The van der Waals surface area contributed by atoms with E-state index < -0.39 is 46.1 Å². The average molecular weight is 735 g/mol. The maximum atomic E-state index is 12.5. The Bertz CT molecular complexity index is 1450. The van der Waals surface area contributed by atoms with Gasteiger partial charge in [-0.05, 0) is 180 Å². The Hall–Kier alpha value is -0.270. The first-order valence-electron chi connectivity index (χ1n) is 19.5. The molecule has 0 aromatic rings. The quantitative estimate of drug-likeness (QED) is 0.202. The first-order chi connectivity index (χ1) is 22.6. The van der Waals surface area contributed by atoms with Gasteiger partial charge in [-0.2, -0.15) is 25.3 Å². The summed E-state index contributed by atoms with van der Waals surface area (Å²) in [6.07, 6.45) is 16.4. The second kappa shape index (κ2) is 14.6. The molecule has 3 N–H and O–H groups in total. The molecule has 0 aromatic heterocycles. The number of fused-ring (bicyclic) bond motifs is 3. The van der Waals surface area contributed by atoms with E-state index in [2.05, 4.69) is 13.8 Å². The lowest BCUT2D eigenvalue weighted by Crippen LogP contribution is -2.47. The SMILES string of the molecule is CCC1CCC(CC2CCC(CC3CCC(CC)C4CC(S(=O)(=O)O)CCC34)C3CC(S(=O)(=O)O)CCC23)C2CC(S(=O)(=O)O)CCC12. The fourth-order valence-electron chi connectivity index (χ4n) is 13.3. The van der Waals surface area contributed by atoms with Crippen molar-refractivity contribution in [3.05, 3.63) is 0 Å². The van der Waals surface area contributed by atoms with E-state index in [1.165, 1.54) is 6.42 Å². The van der Waals surface area contributed by atoms with Crippen molar-refractivity contribution in [3.8, 4) is 0 Å². The lowest BCUT2D eigenvalue weighted by atomic mass is 9.53. The molecule has 0 heterocycles. The van der Waals surface area contributed by atoms with Gasteiger partial charge >= 0.3 is 0 Å². The van der Waals surface area contributed by atoms with Crippen LogP contribution < -0.4 is 0 Å². The second-order valence-corrected chi connectivity index (χ2v) is 22.5. The largest absolute Gasteiger partial charge is 0.285 e. The van der Waals surface area contributed by atoms with E-state index in [0.29, 0.717) is 104 Å². The van der Waals surface area contributed by atoms with Gasteiger partial charge in [0.05, 0.1) is 15.7 Å². The highest BCUT2D eigenvalue weighted by atomic mass is 32.2. The second-order valence-electron chi connectivity index (χ2n) is 17.4. The fraction of sp³-hybridized carbons (Fsp3) is 1.00. The number of hydrogen-bond acceptors (Lipinski definition) is 6. The van der Waals surface area contributed by atoms with E-state index in [4.69, 9.17) is 0 Å². The molecule has 15 unspecified atom stereocenters.